The zero-order valence-corrected chi connectivity index (χ0v) is 27.2. The number of amides is 1. The van der Waals surface area contributed by atoms with Crippen LogP contribution in [0.1, 0.15) is 52.5 Å². The summed E-state index contributed by atoms with van der Waals surface area (Å²) in [5.41, 5.74) is 0.701. The minimum Gasteiger partial charge on any atom is -0.490 e. The van der Waals surface area contributed by atoms with E-state index in [0.29, 0.717) is 76.6 Å². The van der Waals surface area contributed by atoms with Gasteiger partial charge in [-0.05, 0) is 48.6 Å². The van der Waals surface area contributed by atoms with Crippen LogP contribution in [-0.2, 0) is 35.0 Å². The third-order valence-corrected chi connectivity index (χ3v) is 7.46. The van der Waals surface area contributed by atoms with Gasteiger partial charge in [0.1, 0.15) is 30.2 Å². The van der Waals surface area contributed by atoms with E-state index in [4.69, 9.17) is 23.7 Å². The molecule has 0 fully saturated rings. The van der Waals surface area contributed by atoms with Gasteiger partial charge in [-0.15, -0.1) is 0 Å². The van der Waals surface area contributed by atoms with E-state index in [1.165, 1.54) is 6.42 Å². The highest BCUT2D eigenvalue weighted by atomic mass is 33.1. The molecule has 234 valence electrons. The molecule has 1 rings (SSSR count). The lowest BCUT2D eigenvalue weighted by Gasteiger charge is -2.17. The fraction of sp³-hybridized carbons (Fsp3) is 0.677. The summed E-state index contributed by atoms with van der Waals surface area (Å²) < 4.78 is 28.4. The number of nitrogens with one attached hydrogen (secondary N) is 1. The maximum atomic E-state index is 12.4. The van der Waals surface area contributed by atoms with Crippen LogP contribution in [-0.4, -0.2) is 82.8 Å². The molecule has 0 bridgehead atoms. The first-order valence-corrected chi connectivity index (χ1v) is 17.1. The second-order valence-corrected chi connectivity index (χ2v) is 12.9. The van der Waals surface area contributed by atoms with Crippen molar-refractivity contribution in [3.05, 3.63) is 42.0 Å². The Balaban J connectivity index is 2.24. The Morgan fingerprint density at radius 3 is 2.46 bits per heavy atom. The van der Waals surface area contributed by atoms with Crippen LogP contribution in [0.15, 0.2) is 36.4 Å². The Kier molecular flexibility index (Phi) is 22.8. The summed E-state index contributed by atoms with van der Waals surface area (Å²) in [5.74, 6) is 1.82. The van der Waals surface area contributed by atoms with Crippen molar-refractivity contribution in [3.63, 3.8) is 0 Å². The number of Topliss-reactive ketones (excluding diaryl/α,β-unsaturated/α-hetero) is 1. The van der Waals surface area contributed by atoms with E-state index < -0.39 is 0 Å². The number of ether oxygens (including phenoxy) is 5. The molecule has 1 atom stereocenters. The molecule has 0 saturated carbocycles. The summed E-state index contributed by atoms with van der Waals surface area (Å²) in [7, 11) is 3.15. The monoisotopic (exact) mass is 613 g/mol. The lowest BCUT2D eigenvalue weighted by atomic mass is 10.1. The van der Waals surface area contributed by atoms with Crippen LogP contribution >= 0.6 is 21.6 Å². The van der Waals surface area contributed by atoms with Crippen molar-refractivity contribution < 1.29 is 33.3 Å². The summed E-state index contributed by atoms with van der Waals surface area (Å²) in [6.07, 6.45) is 8.91. The van der Waals surface area contributed by atoms with Gasteiger partial charge in [-0.2, -0.15) is 0 Å². The van der Waals surface area contributed by atoms with Gasteiger partial charge in [-0.25, -0.2) is 0 Å². The van der Waals surface area contributed by atoms with Crippen LogP contribution in [0.4, 0.5) is 0 Å². The smallest absolute Gasteiger partial charge is 0.246 e. The van der Waals surface area contributed by atoms with E-state index in [2.05, 4.69) is 33.0 Å². The SMILES string of the molecule is CSS[C@@H](COc1cccc(CC(=O)CCOCCOCCCC(C)C)c1)OCCOCC(=O)NC/C=C/C(C)C. The van der Waals surface area contributed by atoms with E-state index in [9.17, 15) is 9.59 Å². The number of carbonyl (C=O) groups is 2. The second kappa shape index (κ2) is 25.0. The van der Waals surface area contributed by atoms with Crippen molar-refractivity contribution >= 4 is 33.3 Å². The topological polar surface area (TPSA) is 92.3 Å². The number of carbonyl (C=O) groups excluding carboxylic acids is 2. The van der Waals surface area contributed by atoms with Crippen molar-refractivity contribution in [2.75, 3.05) is 65.7 Å². The molecule has 1 N–H and O–H groups in total. The van der Waals surface area contributed by atoms with Crippen molar-refractivity contribution in [1.82, 2.24) is 5.32 Å². The molecule has 0 heterocycles. The van der Waals surface area contributed by atoms with Gasteiger partial charge < -0.3 is 29.0 Å². The van der Waals surface area contributed by atoms with Gasteiger partial charge in [0, 0.05) is 26.0 Å². The van der Waals surface area contributed by atoms with Crippen LogP contribution in [0.5, 0.6) is 5.75 Å². The third kappa shape index (κ3) is 22.7. The Bertz CT molecular complexity index is 852. The van der Waals surface area contributed by atoms with Crippen molar-refractivity contribution in [2.45, 2.75) is 58.8 Å². The maximum Gasteiger partial charge on any atom is 0.246 e. The summed E-state index contributed by atoms with van der Waals surface area (Å²) in [4.78, 5) is 24.2. The molecule has 0 spiro atoms. The minimum absolute atomic E-state index is 0.000334. The third-order valence-electron chi connectivity index (χ3n) is 5.56. The predicted octanol–water partition coefficient (Wildman–Crippen LogP) is 5.74. The molecule has 0 aliphatic carbocycles. The van der Waals surface area contributed by atoms with Crippen molar-refractivity contribution in [3.8, 4) is 5.75 Å². The average Bonchev–Trinajstić information content (AvgIpc) is 2.92. The van der Waals surface area contributed by atoms with Crippen LogP contribution in [0, 0.1) is 11.8 Å². The van der Waals surface area contributed by atoms with E-state index in [-0.39, 0.29) is 23.7 Å². The second-order valence-electron chi connectivity index (χ2n) is 10.3. The van der Waals surface area contributed by atoms with Crippen LogP contribution < -0.4 is 10.1 Å². The van der Waals surface area contributed by atoms with Crippen molar-refractivity contribution in [1.29, 1.82) is 0 Å². The first-order chi connectivity index (χ1) is 19.8. The summed E-state index contributed by atoms with van der Waals surface area (Å²) in [6, 6.07) is 7.58. The van der Waals surface area contributed by atoms with Gasteiger partial charge in [-0.1, -0.05) is 73.6 Å². The van der Waals surface area contributed by atoms with Gasteiger partial charge in [-0.3, -0.25) is 9.59 Å². The zero-order chi connectivity index (χ0) is 30.1. The first kappa shape index (κ1) is 37.5. The van der Waals surface area contributed by atoms with Gasteiger partial charge in [0.05, 0.1) is 33.0 Å². The molecule has 0 unspecified atom stereocenters. The minimum atomic E-state index is -0.204. The van der Waals surface area contributed by atoms with Crippen LogP contribution in [0.2, 0.25) is 0 Å². The molecule has 0 radical (unpaired) electrons. The number of benzene rings is 1. The maximum absolute atomic E-state index is 12.4. The van der Waals surface area contributed by atoms with E-state index in [0.717, 1.165) is 18.6 Å². The molecule has 1 amide bonds. The molecule has 0 aliphatic rings. The first-order valence-electron chi connectivity index (χ1n) is 14.5. The molecule has 0 saturated heterocycles. The largest absolute Gasteiger partial charge is 0.490 e. The molecule has 10 heteroatoms. The van der Waals surface area contributed by atoms with E-state index in [1.807, 2.05) is 42.7 Å². The number of rotatable bonds is 26. The number of ketones is 1. The van der Waals surface area contributed by atoms with Gasteiger partial charge in [0.15, 0.2) is 0 Å². The Hall–Kier alpha value is -1.56. The van der Waals surface area contributed by atoms with Gasteiger partial charge in [0.25, 0.3) is 0 Å². The molecular weight excluding hydrogens is 562 g/mol. The zero-order valence-electron chi connectivity index (χ0n) is 25.6. The normalized spacial score (nSPS) is 12.4. The molecule has 1 aromatic rings. The highest BCUT2D eigenvalue weighted by Gasteiger charge is 2.12. The van der Waals surface area contributed by atoms with E-state index in [1.54, 1.807) is 21.6 Å². The summed E-state index contributed by atoms with van der Waals surface area (Å²) in [5, 5.41) is 2.79. The molecule has 41 heavy (non-hydrogen) atoms. The number of hydrogen-bond donors (Lipinski definition) is 1. The van der Waals surface area contributed by atoms with E-state index >= 15 is 0 Å². The quantitative estimate of drug-likeness (QED) is 0.0608. The summed E-state index contributed by atoms with van der Waals surface area (Å²) >= 11 is 0. The summed E-state index contributed by atoms with van der Waals surface area (Å²) in [6.45, 7) is 12.3. The standard InChI is InChI=1S/C31H51NO7S2/c1-25(2)9-7-14-32-30(34)23-37-19-20-38-31(41-40-5)24-39-29-12-6-11-27(22-29)21-28(33)13-16-36-18-17-35-15-8-10-26(3)4/h6-7,9,11-12,22,25-26,31H,8,10,13-21,23-24H2,1-5H3,(H,32,34)/b9-7+/t31-/m0/s1. The molecule has 1 aromatic carbocycles. The fourth-order valence-electron chi connectivity index (χ4n) is 3.51. The lowest BCUT2D eigenvalue weighted by molar-refractivity contribution is -0.126. The lowest BCUT2D eigenvalue weighted by Crippen LogP contribution is -2.28. The Morgan fingerprint density at radius 2 is 1.73 bits per heavy atom. The van der Waals surface area contributed by atoms with Gasteiger partial charge in [0.2, 0.25) is 5.91 Å². The van der Waals surface area contributed by atoms with Crippen LogP contribution in [0.25, 0.3) is 0 Å². The number of hydrogen-bond acceptors (Lipinski definition) is 9. The van der Waals surface area contributed by atoms with Gasteiger partial charge >= 0.3 is 0 Å². The van der Waals surface area contributed by atoms with Crippen LogP contribution in [0.3, 0.4) is 0 Å². The highest BCUT2D eigenvalue weighted by Crippen LogP contribution is 2.26. The predicted molar refractivity (Wildman–Crippen MR) is 170 cm³/mol. The Labute approximate surface area is 255 Å². The van der Waals surface area contributed by atoms with Crippen molar-refractivity contribution in [2.24, 2.45) is 11.8 Å². The molecule has 0 aliphatic heterocycles. The molecule has 8 nitrogen and oxygen atoms in total. The molecule has 0 aromatic heterocycles. The highest BCUT2D eigenvalue weighted by molar-refractivity contribution is 8.76. The number of allylic oxidation sites excluding steroid dienone is 1. The fourth-order valence-corrected chi connectivity index (χ4v) is 4.97. The molecular formula is C31H51NO7S2. The Morgan fingerprint density at radius 1 is 0.976 bits per heavy atom. The average molecular weight is 614 g/mol.